The maximum atomic E-state index is 13.0. The van der Waals surface area contributed by atoms with Crippen molar-refractivity contribution in [3.8, 4) is 11.5 Å². The fourth-order valence-corrected chi connectivity index (χ4v) is 4.25. The molecule has 36 heavy (non-hydrogen) atoms. The lowest BCUT2D eigenvalue weighted by Crippen LogP contribution is -2.32. The molecule has 2 aromatic heterocycles. The van der Waals surface area contributed by atoms with Gasteiger partial charge < -0.3 is 19.4 Å². The fraction of sp³-hybridized carbons (Fsp3) is 0.393. The van der Waals surface area contributed by atoms with E-state index in [2.05, 4.69) is 22.0 Å². The van der Waals surface area contributed by atoms with Crippen molar-refractivity contribution in [2.45, 2.75) is 58.3 Å². The summed E-state index contributed by atoms with van der Waals surface area (Å²) in [6.07, 6.45) is 11.6. The summed E-state index contributed by atoms with van der Waals surface area (Å²) in [4.78, 5) is 31.4. The molecule has 8 nitrogen and oxygen atoms in total. The Morgan fingerprint density at radius 1 is 0.861 bits per heavy atom. The lowest BCUT2D eigenvalue weighted by atomic mass is 10.1. The van der Waals surface area contributed by atoms with Crippen molar-refractivity contribution in [1.82, 2.24) is 14.6 Å². The number of aromatic nitrogens is 3. The number of nitrogens with one attached hydrogen (secondary N) is 2. The van der Waals surface area contributed by atoms with Gasteiger partial charge in [-0.3, -0.25) is 4.79 Å². The summed E-state index contributed by atoms with van der Waals surface area (Å²) in [6, 6.07) is 12.8. The molecule has 0 atom stereocenters. The molecule has 190 valence electrons. The third-order valence-electron chi connectivity index (χ3n) is 6.31. The van der Waals surface area contributed by atoms with Gasteiger partial charge in [0.15, 0.2) is 0 Å². The first-order chi connectivity index (χ1) is 17.6. The van der Waals surface area contributed by atoms with E-state index in [4.69, 9.17) is 9.47 Å². The molecule has 2 aromatic carbocycles. The smallest absolute Gasteiger partial charge is 0.350 e. The monoisotopic (exact) mass is 490 g/mol. The second-order valence-electron chi connectivity index (χ2n) is 8.97. The number of rotatable bonds is 13. The molecule has 0 saturated heterocycles. The molecule has 0 bridgehead atoms. The molecule has 8 heteroatoms. The number of aromatic amines is 2. The first kappa shape index (κ1) is 25.3. The predicted molar refractivity (Wildman–Crippen MR) is 145 cm³/mol. The number of hydrogen-bond donors (Lipinski definition) is 2. The van der Waals surface area contributed by atoms with Gasteiger partial charge in [0.05, 0.1) is 25.4 Å². The van der Waals surface area contributed by atoms with Crippen molar-refractivity contribution in [2.24, 2.45) is 5.10 Å². The minimum atomic E-state index is -0.613. The zero-order chi connectivity index (χ0) is 25.3. The Hall–Kier alpha value is -3.81. The zero-order valence-corrected chi connectivity index (χ0v) is 21.0. The summed E-state index contributed by atoms with van der Waals surface area (Å²) in [5.41, 5.74) is 1.05. The van der Waals surface area contributed by atoms with Gasteiger partial charge in [-0.2, -0.15) is 5.10 Å². The topological polar surface area (TPSA) is 101 Å². The highest BCUT2D eigenvalue weighted by molar-refractivity contribution is 6.04. The molecular weight excluding hydrogens is 456 g/mol. The average Bonchev–Trinajstić information content (AvgIpc) is 3.26. The van der Waals surface area contributed by atoms with Crippen LogP contribution in [-0.2, 0) is 0 Å². The minimum Gasteiger partial charge on any atom is -0.497 e. The number of unbranched alkanes of at least 4 members (excludes halogenated alkanes) is 7. The molecule has 0 unspecified atom stereocenters. The van der Waals surface area contributed by atoms with Crippen LogP contribution in [0.1, 0.15) is 63.9 Å². The Morgan fingerprint density at radius 3 is 2.28 bits per heavy atom. The fourth-order valence-electron chi connectivity index (χ4n) is 4.25. The summed E-state index contributed by atoms with van der Waals surface area (Å²) < 4.78 is 11.9. The summed E-state index contributed by atoms with van der Waals surface area (Å²) in [7, 11) is 1.57. The lowest BCUT2D eigenvalue weighted by Gasteiger charge is -2.06. The molecule has 4 aromatic rings. The molecule has 0 aliphatic carbocycles. The Labute approximate surface area is 210 Å². The van der Waals surface area contributed by atoms with E-state index in [0.717, 1.165) is 27.9 Å². The summed E-state index contributed by atoms with van der Waals surface area (Å²) >= 11 is 0. The molecule has 0 spiro atoms. The highest BCUT2D eigenvalue weighted by Crippen LogP contribution is 2.25. The third kappa shape index (κ3) is 6.05. The van der Waals surface area contributed by atoms with Gasteiger partial charge in [-0.1, -0.05) is 51.9 Å². The predicted octanol–water partition coefficient (Wildman–Crippen LogP) is 5.58. The maximum Gasteiger partial charge on any atom is 0.350 e. The number of benzene rings is 2. The molecule has 0 amide bonds. The van der Waals surface area contributed by atoms with Crippen LogP contribution in [-0.4, -0.2) is 34.6 Å². The molecule has 2 N–H and O–H groups in total. The molecule has 0 fully saturated rings. The van der Waals surface area contributed by atoms with Gasteiger partial charge in [-0.05, 0) is 54.4 Å². The van der Waals surface area contributed by atoms with Crippen molar-refractivity contribution >= 4 is 28.2 Å². The first-order valence-corrected chi connectivity index (χ1v) is 12.7. The van der Waals surface area contributed by atoms with Crippen LogP contribution < -0.4 is 20.7 Å². The van der Waals surface area contributed by atoms with Gasteiger partial charge in [0.2, 0.25) is 0 Å². The number of ether oxygens (including phenoxy) is 2. The van der Waals surface area contributed by atoms with E-state index >= 15 is 0 Å². The van der Waals surface area contributed by atoms with Crippen molar-refractivity contribution in [2.75, 3.05) is 13.7 Å². The second-order valence-corrected chi connectivity index (χ2v) is 8.97. The van der Waals surface area contributed by atoms with E-state index in [-0.39, 0.29) is 5.52 Å². The summed E-state index contributed by atoms with van der Waals surface area (Å²) in [6.45, 7) is 2.94. The van der Waals surface area contributed by atoms with Crippen LogP contribution >= 0.6 is 0 Å². The number of fused-ring (bicyclic) bond motifs is 3. The Kier molecular flexibility index (Phi) is 8.60. The van der Waals surface area contributed by atoms with E-state index in [1.165, 1.54) is 51.2 Å². The van der Waals surface area contributed by atoms with E-state index in [1.807, 2.05) is 24.3 Å². The normalized spacial score (nSPS) is 11.6. The molecule has 0 aliphatic heterocycles. The van der Waals surface area contributed by atoms with Gasteiger partial charge in [-0.15, -0.1) is 4.68 Å². The quantitative estimate of drug-likeness (QED) is 0.189. The third-order valence-corrected chi connectivity index (χ3v) is 6.31. The van der Waals surface area contributed by atoms with Gasteiger partial charge in [0.25, 0.3) is 0 Å². The van der Waals surface area contributed by atoms with E-state index in [1.54, 1.807) is 25.3 Å². The van der Waals surface area contributed by atoms with E-state index in [9.17, 15) is 9.59 Å². The van der Waals surface area contributed by atoms with Crippen LogP contribution in [0.4, 0.5) is 0 Å². The Bertz CT molecular complexity index is 1430. The Balaban J connectivity index is 1.36. The van der Waals surface area contributed by atoms with Crippen molar-refractivity contribution in [1.29, 1.82) is 0 Å². The minimum absolute atomic E-state index is 0.278. The molecule has 0 saturated carbocycles. The summed E-state index contributed by atoms with van der Waals surface area (Å²) in [5, 5.41) is 4.84. The molecule has 4 rings (SSSR count). The van der Waals surface area contributed by atoms with Crippen LogP contribution in [0.5, 0.6) is 11.5 Å². The van der Waals surface area contributed by atoms with Crippen molar-refractivity contribution in [3.05, 3.63) is 68.9 Å². The van der Waals surface area contributed by atoms with Crippen LogP contribution in [0.15, 0.2) is 57.2 Å². The molecule has 0 radical (unpaired) electrons. The number of hydrogen-bond acceptors (Lipinski definition) is 5. The van der Waals surface area contributed by atoms with Gasteiger partial charge in [-0.25, -0.2) is 4.79 Å². The van der Waals surface area contributed by atoms with Crippen LogP contribution in [0.2, 0.25) is 0 Å². The SMILES string of the molecule is CCCCCCCCCCOc1ccc(/C=N/n2c(=O)[nH]c3c([nH]c4ccc(OC)cc43)c2=O)cc1. The lowest BCUT2D eigenvalue weighted by molar-refractivity contribution is 0.304. The second kappa shape index (κ2) is 12.2. The Morgan fingerprint density at radius 2 is 1.56 bits per heavy atom. The maximum absolute atomic E-state index is 13.0. The molecular formula is C28H34N4O4. The highest BCUT2D eigenvalue weighted by Gasteiger charge is 2.13. The standard InChI is InChI=1S/C28H34N4O4/c1-3-4-5-6-7-8-9-10-17-36-21-13-11-20(12-14-21)19-29-32-27(33)26-25(31-28(32)34)23-18-22(35-2)15-16-24(23)30-26/h11-16,18-19,30H,3-10,17H2,1-2H3,(H,31,34)/b29-19+. The van der Waals surface area contributed by atoms with Gasteiger partial charge in [0.1, 0.15) is 17.0 Å². The number of H-pyrrole nitrogens is 2. The van der Waals surface area contributed by atoms with E-state index < -0.39 is 11.2 Å². The number of nitrogens with zero attached hydrogens (tertiary/aromatic N) is 2. The largest absolute Gasteiger partial charge is 0.497 e. The first-order valence-electron chi connectivity index (χ1n) is 12.7. The number of methoxy groups -OCH3 is 1. The molecule has 0 aliphatic rings. The van der Waals surface area contributed by atoms with Crippen LogP contribution in [0.25, 0.3) is 21.9 Å². The molecule has 2 heterocycles. The van der Waals surface area contributed by atoms with Crippen LogP contribution in [0, 0.1) is 0 Å². The van der Waals surface area contributed by atoms with Gasteiger partial charge in [0, 0.05) is 10.9 Å². The van der Waals surface area contributed by atoms with E-state index in [0.29, 0.717) is 23.3 Å². The average molecular weight is 491 g/mol. The van der Waals surface area contributed by atoms with Crippen molar-refractivity contribution in [3.63, 3.8) is 0 Å². The van der Waals surface area contributed by atoms with Crippen molar-refractivity contribution < 1.29 is 9.47 Å². The van der Waals surface area contributed by atoms with Gasteiger partial charge >= 0.3 is 11.2 Å². The summed E-state index contributed by atoms with van der Waals surface area (Å²) in [5.74, 6) is 1.43. The van der Waals surface area contributed by atoms with Crippen LogP contribution in [0.3, 0.4) is 0 Å². The zero-order valence-electron chi connectivity index (χ0n) is 21.0. The highest BCUT2D eigenvalue weighted by atomic mass is 16.5.